The Bertz CT molecular complexity index is 968. The molecule has 0 bridgehead atoms. The van der Waals surface area contributed by atoms with E-state index >= 15 is 0 Å². The Morgan fingerprint density at radius 1 is 1.21 bits per heavy atom. The number of thiazole rings is 1. The minimum Gasteiger partial charge on any atom is -0.497 e. The van der Waals surface area contributed by atoms with Gasteiger partial charge in [-0.05, 0) is 36.8 Å². The Hall–Kier alpha value is -3.33. The first-order valence-corrected chi connectivity index (χ1v) is 9.78. The van der Waals surface area contributed by atoms with Gasteiger partial charge in [0.2, 0.25) is 5.91 Å². The van der Waals surface area contributed by atoms with Crippen molar-refractivity contribution in [1.82, 2.24) is 10.3 Å². The highest BCUT2D eigenvalue weighted by atomic mass is 32.1. The second-order valence-corrected chi connectivity index (χ2v) is 6.85. The zero-order valence-electron chi connectivity index (χ0n) is 16.1. The van der Waals surface area contributed by atoms with E-state index in [9.17, 15) is 9.59 Å². The van der Waals surface area contributed by atoms with Gasteiger partial charge < -0.3 is 24.5 Å². The fraction of sp³-hybridized carbons (Fsp3) is 0.250. The second kappa shape index (κ2) is 9.74. The maximum Gasteiger partial charge on any atom is 0.286 e. The number of rotatable bonds is 9. The molecule has 0 spiro atoms. The zero-order chi connectivity index (χ0) is 20.6. The van der Waals surface area contributed by atoms with Gasteiger partial charge in [0.15, 0.2) is 10.9 Å². The van der Waals surface area contributed by atoms with E-state index in [-0.39, 0.29) is 24.0 Å². The third-order valence-electron chi connectivity index (χ3n) is 4.04. The summed E-state index contributed by atoms with van der Waals surface area (Å²) in [4.78, 5) is 28.3. The van der Waals surface area contributed by atoms with Crippen molar-refractivity contribution in [2.45, 2.75) is 12.8 Å². The fourth-order valence-electron chi connectivity index (χ4n) is 2.60. The van der Waals surface area contributed by atoms with E-state index in [2.05, 4.69) is 15.6 Å². The molecule has 9 heteroatoms. The van der Waals surface area contributed by atoms with Gasteiger partial charge in [0.05, 0.1) is 26.2 Å². The lowest BCUT2D eigenvalue weighted by Crippen LogP contribution is -2.25. The van der Waals surface area contributed by atoms with Crippen LogP contribution in [0.4, 0.5) is 5.13 Å². The highest BCUT2D eigenvalue weighted by Gasteiger charge is 2.13. The lowest BCUT2D eigenvalue weighted by molar-refractivity contribution is -0.116. The normalized spacial score (nSPS) is 10.4. The van der Waals surface area contributed by atoms with Crippen molar-refractivity contribution in [2.24, 2.45) is 0 Å². The van der Waals surface area contributed by atoms with E-state index in [4.69, 9.17) is 13.9 Å². The van der Waals surface area contributed by atoms with E-state index < -0.39 is 0 Å². The molecule has 0 atom stereocenters. The van der Waals surface area contributed by atoms with E-state index in [1.165, 1.54) is 17.6 Å². The van der Waals surface area contributed by atoms with Crippen LogP contribution in [0.1, 0.15) is 23.4 Å². The lowest BCUT2D eigenvalue weighted by atomic mass is 10.1. The molecule has 2 N–H and O–H groups in total. The summed E-state index contributed by atoms with van der Waals surface area (Å²) in [6, 6.07) is 8.68. The Kier molecular flexibility index (Phi) is 6.85. The average Bonchev–Trinajstić information content (AvgIpc) is 3.43. The number of benzene rings is 1. The number of aromatic nitrogens is 1. The topological polar surface area (TPSA) is 103 Å². The van der Waals surface area contributed by atoms with Crippen LogP contribution in [0.2, 0.25) is 0 Å². The van der Waals surface area contributed by atoms with Gasteiger partial charge >= 0.3 is 0 Å². The number of ether oxygens (including phenoxy) is 2. The van der Waals surface area contributed by atoms with Gasteiger partial charge in [-0.3, -0.25) is 9.59 Å². The fourth-order valence-corrected chi connectivity index (χ4v) is 3.32. The van der Waals surface area contributed by atoms with Crippen LogP contribution in [0, 0.1) is 0 Å². The summed E-state index contributed by atoms with van der Waals surface area (Å²) in [6.07, 6.45) is 2.20. The summed E-state index contributed by atoms with van der Waals surface area (Å²) in [5.74, 6) is 1.14. The summed E-state index contributed by atoms with van der Waals surface area (Å²) < 4.78 is 15.6. The number of carbonyl (C=O) groups is 2. The van der Waals surface area contributed by atoms with Gasteiger partial charge in [0.1, 0.15) is 11.5 Å². The summed E-state index contributed by atoms with van der Waals surface area (Å²) in [6.45, 7) is 0.372. The van der Waals surface area contributed by atoms with Crippen molar-refractivity contribution in [1.29, 1.82) is 0 Å². The second-order valence-electron chi connectivity index (χ2n) is 5.99. The van der Waals surface area contributed by atoms with Gasteiger partial charge in [-0.15, -0.1) is 11.3 Å². The van der Waals surface area contributed by atoms with Gasteiger partial charge in [0, 0.05) is 23.9 Å². The number of nitrogens with one attached hydrogen (secondary N) is 2. The molecule has 8 nitrogen and oxygen atoms in total. The van der Waals surface area contributed by atoms with Crippen molar-refractivity contribution in [3.8, 4) is 22.8 Å². The zero-order valence-corrected chi connectivity index (χ0v) is 16.9. The standard InChI is InChI=1S/C20H21N3O5S/c1-26-13-7-8-16(27-2)14(11-13)15-12-29-20(22-15)23-18(24)6-3-9-21-19(25)17-5-4-10-28-17/h4-5,7-8,10-12H,3,6,9H2,1-2H3,(H,21,25)(H,22,23,24). The molecule has 2 amide bonds. The van der Waals surface area contributed by atoms with Gasteiger partial charge in [0.25, 0.3) is 5.91 Å². The minimum atomic E-state index is -0.299. The average molecular weight is 415 g/mol. The van der Waals surface area contributed by atoms with E-state index in [0.717, 1.165) is 5.56 Å². The molecule has 0 unspecified atom stereocenters. The van der Waals surface area contributed by atoms with Crippen LogP contribution < -0.4 is 20.1 Å². The minimum absolute atomic E-state index is 0.171. The van der Waals surface area contributed by atoms with Crippen LogP contribution in [0.3, 0.4) is 0 Å². The largest absolute Gasteiger partial charge is 0.497 e. The first kappa shape index (κ1) is 20.4. The van der Waals surface area contributed by atoms with E-state index in [0.29, 0.717) is 35.3 Å². The molecule has 3 rings (SSSR count). The first-order valence-electron chi connectivity index (χ1n) is 8.90. The number of methoxy groups -OCH3 is 2. The number of hydrogen-bond acceptors (Lipinski definition) is 7. The molecule has 29 heavy (non-hydrogen) atoms. The van der Waals surface area contributed by atoms with Gasteiger partial charge in [-0.1, -0.05) is 0 Å². The number of furan rings is 1. The third kappa shape index (κ3) is 5.35. The molecular formula is C20H21N3O5S. The molecule has 152 valence electrons. The van der Waals surface area contributed by atoms with Crippen molar-refractivity contribution in [2.75, 3.05) is 26.1 Å². The Balaban J connectivity index is 1.51. The predicted octanol–water partition coefficient (Wildman–Crippen LogP) is 3.57. The molecule has 0 aliphatic carbocycles. The summed E-state index contributed by atoms with van der Waals surface area (Å²) >= 11 is 1.33. The molecule has 0 saturated heterocycles. The Labute approximate surface area is 171 Å². The molecule has 0 aliphatic rings. The van der Waals surface area contributed by atoms with E-state index in [1.807, 2.05) is 23.6 Å². The number of carbonyl (C=O) groups excluding carboxylic acids is 2. The number of anilines is 1. The van der Waals surface area contributed by atoms with Crippen molar-refractivity contribution in [3.05, 3.63) is 47.7 Å². The third-order valence-corrected chi connectivity index (χ3v) is 4.80. The van der Waals surface area contributed by atoms with Crippen LogP contribution in [0.15, 0.2) is 46.4 Å². The summed E-state index contributed by atoms with van der Waals surface area (Å²) in [5.41, 5.74) is 1.47. The first-order chi connectivity index (χ1) is 14.1. The Morgan fingerprint density at radius 2 is 2.07 bits per heavy atom. The van der Waals surface area contributed by atoms with Crippen LogP contribution in [0.5, 0.6) is 11.5 Å². The Morgan fingerprint density at radius 3 is 2.79 bits per heavy atom. The van der Waals surface area contributed by atoms with Crippen LogP contribution >= 0.6 is 11.3 Å². The van der Waals surface area contributed by atoms with Crippen molar-refractivity contribution < 1.29 is 23.5 Å². The lowest BCUT2D eigenvalue weighted by Gasteiger charge is -2.08. The number of nitrogens with zero attached hydrogens (tertiary/aromatic N) is 1. The highest BCUT2D eigenvalue weighted by molar-refractivity contribution is 7.14. The van der Waals surface area contributed by atoms with Crippen LogP contribution in [-0.4, -0.2) is 37.6 Å². The molecule has 3 aromatic rings. The maximum atomic E-state index is 12.1. The number of amides is 2. The molecule has 2 heterocycles. The highest BCUT2D eigenvalue weighted by Crippen LogP contribution is 2.35. The van der Waals surface area contributed by atoms with Crippen molar-refractivity contribution >= 4 is 28.3 Å². The number of hydrogen-bond donors (Lipinski definition) is 2. The SMILES string of the molecule is COc1ccc(OC)c(-c2csc(NC(=O)CCCNC(=O)c3ccco3)n2)c1. The summed E-state index contributed by atoms with van der Waals surface area (Å²) in [7, 11) is 3.18. The molecule has 0 saturated carbocycles. The van der Waals surface area contributed by atoms with E-state index in [1.54, 1.807) is 26.4 Å². The van der Waals surface area contributed by atoms with Crippen LogP contribution in [-0.2, 0) is 4.79 Å². The smallest absolute Gasteiger partial charge is 0.286 e. The molecule has 0 aliphatic heterocycles. The monoisotopic (exact) mass is 415 g/mol. The van der Waals surface area contributed by atoms with Crippen molar-refractivity contribution in [3.63, 3.8) is 0 Å². The molecule has 0 fully saturated rings. The maximum absolute atomic E-state index is 12.1. The molecule has 2 aromatic heterocycles. The molecular weight excluding hydrogens is 394 g/mol. The quantitative estimate of drug-likeness (QED) is 0.518. The predicted molar refractivity (Wildman–Crippen MR) is 110 cm³/mol. The molecule has 1 aromatic carbocycles. The van der Waals surface area contributed by atoms with Crippen LogP contribution in [0.25, 0.3) is 11.3 Å². The molecule has 0 radical (unpaired) electrons. The van der Waals surface area contributed by atoms with Gasteiger partial charge in [-0.2, -0.15) is 0 Å². The summed E-state index contributed by atoms with van der Waals surface area (Å²) in [5, 5.41) is 7.82. The van der Waals surface area contributed by atoms with Gasteiger partial charge in [-0.25, -0.2) is 4.98 Å².